The SMILES string of the molecule is COc1ccc(C(=O)c2c3n(c(=N)c4c(Cl)c(C#N)c(Cl)c(Cl)c24)CCN3)cc1. The molecular weight excluding hydrogens is 435 g/mol. The first-order valence-electron chi connectivity index (χ1n) is 8.55. The van der Waals surface area contributed by atoms with Crippen molar-refractivity contribution in [3.8, 4) is 11.8 Å². The Morgan fingerprint density at radius 2 is 1.86 bits per heavy atom. The summed E-state index contributed by atoms with van der Waals surface area (Å²) in [6.45, 7) is 1.02. The fraction of sp³-hybridized carbons (Fsp3) is 0.150. The highest BCUT2D eigenvalue weighted by atomic mass is 35.5. The molecule has 1 aromatic heterocycles. The fourth-order valence-electron chi connectivity index (χ4n) is 3.52. The van der Waals surface area contributed by atoms with Crippen LogP contribution >= 0.6 is 34.8 Å². The number of nitriles is 1. The van der Waals surface area contributed by atoms with Crippen LogP contribution in [-0.4, -0.2) is 24.0 Å². The molecule has 1 aliphatic heterocycles. The van der Waals surface area contributed by atoms with Gasteiger partial charge in [-0.2, -0.15) is 5.26 Å². The van der Waals surface area contributed by atoms with Crippen LogP contribution in [0.1, 0.15) is 21.5 Å². The van der Waals surface area contributed by atoms with Gasteiger partial charge in [-0.1, -0.05) is 34.8 Å². The van der Waals surface area contributed by atoms with Gasteiger partial charge in [0.1, 0.15) is 23.1 Å². The van der Waals surface area contributed by atoms with Gasteiger partial charge in [-0.3, -0.25) is 10.2 Å². The zero-order valence-corrected chi connectivity index (χ0v) is 17.3. The molecule has 3 aromatic rings. The zero-order valence-electron chi connectivity index (χ0n) is 15.1. The number of aromatic nitrogens is 1. The normalized spacial score (nSPS) is 12.4. The summed E-state index contributed by atoms with van der Waals surface area (Å²) in [6, 6.07) is 8.59. The number of ketones is 1. The molecule has 0 atom stereocenters. The molecule has 0 unspecified atom stereocenters. The summed E-state index contributed by atoms with van der Waals surface area (Å²) in [5.41, 5.74) is 0.714. The van der Waals surface area contributed by atoms with Crippen LogP contribution in [0.3, 0.4) is 0 Å². The van der Waals surface area contributed by atoms with Gasteiger partial charge in [-0.15, -0.1) is 0 Å². The lowest BCUT2D eigenvalue weighted by Gasteiger charge is -2.17. The standard InChI is InChI=1S/C20H13Cl3N4O2/c1-29-10-4-2-9(3-5-10)18(28)14-12-13(19(25)27-7-6-26-20(14)27)15(21)11(8-24)16(22)17(12)23/h2-5,25-26H,6-7H2,1H3. The topological polar surface area (TPSA) is 90.9 Å². The van der Waals surface area contributed by atoms with Crippen LogP contribution in [0.5, 0.6) is 5.75 Å². The molecule has 0 saturated carbocycles. The second kappa shape index (κ2) is 7.27. The Hall–Kier alpha value is -2.72. The first-order chi connectivity index (χ1) is 13.9. The Morgan fingerprint density at radius 3 is 2.48 bits per heavy atom. The van der Waals surface area contributed by atoms with Crippen LogP contribution in [0.15, 0.2) is 24.3 Å². The van der Waals surface area contributed by atoms with Crippen LogP contribution in [0.4, 0.5) is 5.82 Å². The summed E-state index contributed by atoms with van der Waals surface area (Å²) < 4.78 is 6.80. The number of nitrogens with zero attached hydrogens (tertiary/aromatic N) is 2. The smallest absolute Gasteiger partial charge is 0.197 e. The lowest BCUT2D eigenvalue weighted by molar-refractivity contribution is 0.104. The highest BCUT2D eigenvalue weighted by Gasteiger charge is 2.29. The summed E-state index contributed by atoms with van der Waals surface area (Å²) in [6.07, 6.45) is 0. The summed E-state index contributed by atoms with van der Waals surface area (Å²) in [5.74, 6) is 0.782. The van der Waals surface area contributed by atoms with Crippen molar-refractivity contribution in [3.63, 3.8) is 0 Å². The predicted molar refractivity (Wildman–Crippen MR) is 112 cm³/mol. The number of nitrogens with one attached hydrogen (secondary N) is 2. The third-order valence-electron chi connectivity index (χ3n) is 4.90. The summed E-state index contributed by atoms with van der Waals surface area (Å²) >= 11 is 19.2. The number of hydrogen-bond acceptors (Lipinski definition) is 5. The maximum absolute atomic E-state index is 13.5. The molecule has 9 heteroatoms. The van der Waals surface area contributed by atoms with Gasteiger partial charge in [0.05, 0.1) is 33.3 Å². The molecule has 0 spiro atoms. The maximum Gasteiger partial charge on any atom is 0.197 e. The average Bonchev–Trinajstić information content (AvgIpc) is 3.22. The number of methoxy groups -OCH3 is 1. The van der Waals surface area contributed by atoms with Crippen LogP contribution in [0.2, 0.25) is 15.1 Å². The molecule has 1 aliphatic rings. The predicted octanol–water partition coefficient (Wildman–Crippen LogP) is 4.62. The summed E-state index contributed by atoms with van der Waals surface area (Å²) in [5, 5.41) is 21.7. The Bertz CT molecular complexity index is 1290. The van der Waals surface area contributed by atoms with E-state index >= 15 is 0 Å². The first-order valence-corrected chi connectivity index (χ1v) is 9.68. The summed E-state index contributed by atoms with van der Waals surface area (Å²) in [4.78, 5) is 13.5. The van der Waals surface area contributed by atoms with Crippen LogP contribution in [-0.2, 0) is 6.54 Å². The van der Waals surface area contributed by atoms with Crippen molar-refractivity contribution >= 4 is 57.2 Å². The third kappa shape index (κ3) is 2.85. The Balaban J connectivity index is 2.13. The van der Waals surface area contributed by atoms with E-state index in [-0.39, 0.29) is 48.2 Å². The number of rotatable bonds is 3. The number of carbonyl (C=O) groups is 1. The molecule has 29 heavy (non-hydrogen) atoms. The molecule has 6 nitrogen and oxygen atoms in total. The van der Waals surface area contributed by atoms with Gasteiger partial charge in [0.25, 0.3) is 0 Å². The zero-order chi connectivity index (χ0) is 20.9. The molecule has 0 fully saturated rings. The maximum atomic E-state index is 13.5. The minimum absolute atomic E-state index is 0.00730. The molecule has 4 rings (SSSR count). The number of benzene rings is 2. The number of pyridine rings is 1. The lowest BCUT2D eigenvalue weighted by atomic mass is 9.96. The minimum Gasteiger partial charge on any atom is -0.497 e. The summed E-state index contributed by atoms with van der Waals surface area (Å²) in [7, 11) is 1.54. The van der Waals surface area contributed by atoms with E-state index in [9.17, 15) is 10.1 Å². The Morgan fingerprint density at radius 1 is 1.17 bits per heavy atom. The second-order valence-corrected chi connectivity index (χ2v) is 7.52. The van der Waals surface area contributed by atoms with Crippen molar-refractivity contribution in [3.05, 3.63) is 61.5 Å². The van der Waals surface area contributed by atoms with Crippen LogP contribution in [0.25, 0.3) is 10.8 Å². The van der Waals surface area contributed by atoms with E-state index in [2.05, 4.69) is 5.32 Å². The molecule has 0 radical (unpaired) electrons. The molecule has 2 aromatic carbocycles. The van der Waals surface area contributed by atoms with Crippen molar-refractivity contribution in [1.82, 2.24) is 4.57 Å². The van der Waals surface area contributed by atoms with Crippen molar-refractivity contribution in [2.24, 2.45) is 0 Å². The van der Waals surface area contributed by atoms with E-state index in [0.29, 0.717) is 30.2 Å². The van der Waals surface area contributed by atoms with Crippen LogP contribution in [0, 0.1) is 16.7 Å². The van der Waals surface area contributed by atoms with Gasteiger partial charge in [0.2, 0.25) is 0 Å². The number of anilines is 1. The van der Waals surface area contributed by atoms with E-state index in [1.807, 2.05) is 6.07 Å². The average molecular weight is 448 g/mol. The van der Waals surface area contributed by atoms with Crippen molar-refractivity contribution < 1.29 is 9.53 Å². The monoisotopic (exact) mass is 446 g/mol. The molecule has 0 bridgehead atoms. The molecule has 0 aliphatic carbocycles. The van der Waals surface area contributed by atoms with Gasteiger partial charge < -0.3 is 14.6 Å². The van der Waals surface area contributed by atoms with Crippen LogP contribution < -0.4 is 15.5 Å². The van der Waals surface area contributed by atoms with Crippen molar-refractivity contribution in [2.75, 3.05) is 19.0 Å². The number of fused-ring (bicyclic) bond motifs is 2. The molecule has 0 amide bonds. The molecule has 0 saturated heterocycles. The number of hydrogen-bond donors (Lipinski definition) is 2. The van der Waals surface area contributed by atoms with E-state index < -0.39 is 0 Å². The van der Waals surface area contributed by atoms with Gasteiger partial charge in [-0.25, -0.2) is 0 Å². The van der Waals surface area contributed by atoms with Gasteiger partial charge in [0.15, 0.2) is 5.78 Å². The quantitative estimate of drug-likeness (QED) is 0.453. The van der Waals surface area contributed by atoms with Gasteiger partial charge in [-0.05, 0) is 24.3 Å². The third-order valence-corrected chi connectivity index (χ3v) is 6.13. The number of halogens is 3. The van der Waals surface area contributed by atoms with Gasteiger partial charge in [0, 0.05) is 29.4 Å². The van der Waals surface area contributed by atoms with E-state index in [1.54, 1.807) is 35.9 Å². The highest BCUT2D eigenvalue weighted by Crippen LogP contribution is 2.42. The number of carbonyl (C=O) groups excluding carboxylic acids is 1. The van der Waals surface area contributed by atoms with Gasteiger partial charge >= 0.3 is 0 Å². The van der Waals surface area contributed by atoms with Crippen molar-refractivity contribution in [1.29, 1.82) is 10.7 Å². The largest absolute Gasteiger partial charge is 0.497 e. The molecule has 2 heterocycles. The lowest BCUT2D eigenvalue weighted by Crippen LogP contribution is -2.22. The minimum atomic E-state index is -0.311. The first kappa shape index (κ1) is 19.6. The number of ether oxygens (including phenoxy) is 1. The molecule has 146 valence electrons. The van der Waals surface area contributed by atoms with Crippen molar-refractivity contribution in [2.45, 2.75) is 6.54 Å². The highest BCUT2D eigenvalue weighted by molar-refractivity contribution is 6.50. The Kier molecular flexibility index (Phi) is 4.91. The van der Waals surface area contributed by atoms with E-state index in [0.717, 1.165) is 0 Å². The molecule has 2 N–H and O–H groups in total. The second-order valence-electron chi connectivity index (χ2n) is 6.39. The fourth-order valence-corrected chi connectivity index (χ4v) is 4.40. The molecular formula is C20H13Cl3N4O2. The van der Waals surface area contributed by atoms with E-state index in [1.165, 1.54) is 0 Å². The Labute approximate surface area is 180 Å². The van der Waals surface area contributed by atoms with E-state index in [4.69, 9.17) is 44.9 Å².